The monoisotopic (exact) mass is 1110 g/mol. The van der Waals surface area contributed by atoms with Gasteiger partial charge >= 0.3 is 0 Å². The van der Waals surface area contributed by atoms with Crippen molar-refractivity contribution in [1.29, 1.82) is 0 Å². The number of hydrogen-bond donors (Lipinski definition) is 5. The smallest absolute Gasteiger partial charge is 0.239 e. The van der Waals surface area contributed by atoms with Gasteiger partial charge in [-0.15, -0.1) is 0 Å². The summed E-state index contributed by atoms with van der Waals surface area (Å²) < 4.78 is 89.2. The number of nitrogens with zero attached hydrogens (tertiary/aromatic N) is 6. The molecule has 0 spiro atoms. The number of methoxy groups -OCH3 is 1. The van der Waals surface area contributed by atoms with Crippen molar-refractivity contribution >= 4 is 55.9 Å². The van der Waals surface area contributed by atoms with Crippen LogP contribution in [0.5, 0.6) is 5.75 Å². The van der Waals surface area contributed by atoms with Crippen molar-refractivity contribution in [2.45, 2.75) is 96.2 Å². The number of benzene rings is 3. The Bertz CT molecular complexity index is 3060. The molecule has 5 N–H and O–H groups in total. The van der Waals surface area contributed by atoms with E-state index >= 15 is 0 Å². The molecule has 4 atom stereocenters. The molecule has 2 amide bonds. The number of aromatic nitrogens is 4. The van der Waals surface area contributed by atoms with Crippen LogP contribution in [0.1, 0.15) is 93.3 Å². The number of ether oxygens (including phenoxy) is 2. The zero-order chi connectivity index (χ0) is 57.4. The standard InChI is InChI=1S/C31H39FN4O6S.C23H31FN4O5S/c1-20(2)29-27(30(22-9-11-23(32)12-10-22)35-31(34-29)36(4)43(6,39)40)16-13-24(37)17-26(18-28(38)33-3)42-19-21-7-14-25(41-5)15-8-21;1-14(2)21-19(11-10-17(29)12-18(30)13-20(31)25-3)22(15-6-8-16(24)9-7-15)27-23(26-21)28(4)34(5,32)33/h7-16,20,24,26,37H,17-19H2,1-6H3,(H,33,38);6-11,14,17-18,29-30H,12-13H2,1-5H3,(H,25,31)/b16-13+;11-10+/t24-,26-;17-,18-/m11/s1. The third kappa shape index (κ3) is 19.0. The molecule has 0 unspecified atom stereocenters. The van der Waals surface area contributed by atoms with E-state index in [-0.39, 0.29) is 67.8 Å². The van der Waals surface area contributed by atoms with Crippen molar-refractivity contribution in [3.8, 4) is 28.3 Å². The lowest BCUT2D eigenvalue weighted by Gasteiger charge is -2.21. The second kappa shape index (κ2) is 28.6. The number of aliphatic hydroxyl groups excluding tert-OH is 3. The Morgan fingerprint density at radius 1 is 0.636 bits per heavy atom. The maximum absolute atomic E-state index is 13.8. The van der Waals surface area contributed by atoms with Crippen LogP contribution in [0, 0.1) is 11.6 Å². The average molecular weight is 1110 g/mol. The first-order chi connectivity index (χ1) is 36.1. The van der Waals surface area contributed by atoms with Gasteiger partial charge in [0.1, 0.15) is 17.4 Å². The van der Waals surface area contributed by atoms with Crippen molar-refractivity contribution in [3.05, 3.63) is 125 Å². The van der Waals surface area contributed by atoms with E-state index in [1.54, 1.807) is 37.5 Å². The van der Waals surface area contributed by atoms with Crippen molar-refractivity contribution in [3.63, 3.8) is 0 Å². The van der Waals surface area contributed by atoms with Gasteiger partial charge in [-0.25, -0.2) is 54.2 Å². The summed E-state index contributed by atoms with van der Waals surface area (Å²) in [6.45, 7) is 7.80. The molecule has 2 heterocycles. The number of sulfonamides is 2. The van der Waals surface area contributed by atoms with E-state index in [4.69, 9.17) is 9.47 Å². The number of amides is 2. The Morgan fingerprint density at radius 3 is 1.42 bits per heavy atom. The number of rotatable bonds is 24. The van der Waals surface area contributed by atoms with Gasteiger partial charge in [-0.05, 0) is 78.1 Å². The third-order valence-corrected chi connectivity index (χ3v) is 14.2. The predicted molar refractivity (Wildman–Crippen MR) is 294 cm³/mol. The highest BCUT2D eigenvalue weighted by molar-refractivity contribution is 7.92. The largest absolute Gasteiger partial charge is 0.497 e. The molecule has 0 aliphatic heterocycles. The summed E-state index contributed by atoms with van der Waals surface area (Å²) >= 11 is 0. The molecule has 5 rings (SSSR count). The fourth-order valence-electron chi connectivity index (χ4n) is 7.37. The molecule has 3 aromatic carbocycles. The molecular formula is C54H70F2N8O11S2. The van der Waals surface area contributed by atoms with Gasteiger partial charge in [0.05, 0.1) is 86.3 Å². The minimum absolute atomic E-state index is 0.0270. The highest BCUT2D eigenvalue weighted by Gasteiger charge is 2.25. The van der Waals surface area contributed by atoms with Crippen LogP contribution < -0.4 is 24.0 Å². The highest BCUT2D eigenvalue weighted by Crippen LogP contribution is 2.34. The second-order valence-electron chi connectivity index (χ2n) is 18.6. The highest BCUT2D eigenvalue weighted by atomic mass is 32.2. The fraction of sp³-hybridized carbons (Fsp3) is 0.407. The summed E-state index contributed by atoms with van der Waals surface area (Å²) in [6.07, 6.45) is 4.61. The molecule has 0 aliphatic carbocycles. The van der Waals surface area contributed by atoms with Gasteiger partial charge in [-0.2, -0.15) is 0 Å². The SMILES string of the molecule is CNC(=O)C[C@@H](C[C@H](O)/C=C/c1c(-c2ccc(F)cc2)nc(N(C)S(C)(=O)=O)nc1C(C)C)OCc1ccc(OC)cc1.CNC(=O)C[C@H](O)C[C@H](O)/C=C/c1c(-c2ccc(F)cc2)nc(N(C)S(C)(=O)=O)nc1C(C)C. The van der Waals surface area contributed by atoms with Gasteiger partial charge in [-0.1, -0.05) is 64.1 Å². The van der Waals surface area contributed by atoms with Crippen LogP contribution in [0.2, 0.25) is 0 Å². The molecule has 0 bridgehead atoms. The lowest BCUT2D eigenvalue weighted by Crippen LogP contribution is -2.28. The first-order valence-corrected chi connectivity index (χ1v) is 28.1. The zero-order valence-electron chi connectivity index (χ0n) is 45.1. The van der Waals surface area contributed by atoms with Crippen molar-refractivity contribution in [1.82, 2.24) is 30.6 Å². The van der Waals surface area contributed by atoms with E-state index in [2.05, 4.69) is 30.6 Å². The third-order valence-electron chi connectivity index (χ3n) is 11.8. The van der Waals surface area contributed by atoms with Gasteiger partial charge < -0.3 is 35.4 Å². The van der Waals surface area contributed by atoms with E-state index in [0.29, 0.717) is 50.8 Å². The van der Waals surface area contributed by atoms with E-state index in [9.17, 15) is 50.5 Å². The molecular weight excluding hydrogens is 1040 g/mol. The predicted octanol–water partition coefficient (Wildman–Crippen LogP) is 6.36. The maximum atomic E-state index is 13.8. The Labute approximate surface area is 450 Å². The van der Waals surface area contributed by atoms with Crippen molar-refractivity contribution < 1.29 is 60.0 Å². The van der Waals surface area contributed by atoms with Crippen LogP contribution in [0.3, 0.4) is 0 Å². The summed E-state index contributed by atoms with van der Waals surface area (Å²) in [5.74, 6) is -1.09. The molecule has 0 aliphatic rings. The molecule has 0 radical (unpaired) electrons. The molecule has 0 fully saturated rings. The number of hydrogen-bond acceptors (Lipinski definition) is 15. The summed E-state index contributed by atoms with van der Waals surface area (Å²) in [4.78, 5) is 41.6. The Morgan fingerprint density at radius 2 is 1.04 bits per heavy atom. The quantitative estimate of drug-likeness (QED) is 0.0450. The Hall–Kier alpha value is -6.76. The number of carbonyl (C=O) groups excluding carboxylic acids is 2. The summed E-state index contributed by atoms with van der Waals surface area (Å²) in [6, 6.07) is 18.6. The fourth-order valence-corrected chi connectivity index (χ4v) is 8.12. The van der Waals surface area contributed by atoms with E-state index < -0.39 is 56.1 Å². The Kier molecular flexibility index (Phi) is 23.3. The summed E-state index contributed by atoms with van der Waals surface area (Å²) in [7, 11) is -0.0131. The normalized spacial score (nSPS) is 13.5. The van der Waals surface area contributed by atoms with Crippen LogP contribution in [0.25, 0.3) is 34.7 Å². The molecule has 418 valence electrons. The maximum Gasteiger partial charge on any atom is 0.239 e. The minimum atomic E-state index is -3.66. The molecule has 0 saturated carbocycles. The lowest BCUT2D eigenvalue weighted by molar-refractivity contribution is -0.124. The topological polar surface area (TPSA) is 264 Å². The molecule has 5 aromatic rings. The van der Waals surface area contributed by atoms with Gasteiger partial charge in [0, 0.05) is 63.3 Å². The van der Waals surface area contributed by atoms with E-state index in [0.717, 1.165) is 26.7 Å². The van der Waals surface area contributed by atoms with Gasteiger partial charge in [-0.3, -0.25) is 9.59 Å². The molecule has 0 saturated heterocycles. The number of carbonyl (C=O) groups is 2. The van der Waals surface area contributed by atoms with E-state index in [1.165, 1.54) is 70.7 Å². The second-order valence-corrected chi connectivity index (χ2v) is 22.7. The lowest BCUT2D eigenvalue weighted by atomic mass is 9.97. The Balaban J connectivity index is 0.000000342. The number of nitrogens with one attached hydrogen (secondary N) is 2. The van der Waals surface area contributed by atoms with Crippen LogP contribution in [-0.4, -0.2) is 136 Å². The van der Waals surface area contributed by atoms with E-state index in [1.807, 2.05) is 52.0 Å². The van der Waals surface area contributed by atoms with Crippen molar-refractivity contribution in [2.75, 3.05) is 56.4 Å². The van der Waals surface area contributed by atoms with Crippen LogP contribution in [0.4, 0.5) is 20.7 Å². The molecule has 19 nitrogen and oxygen atoms in total. The number of aliphatic hydroxyl groups is 3. The van der Waals surface area contributed by atoms with Crippen molar-refractivity contribution in [2.24, 2.45) is 0 Å². The average Bonchev–Trinajstić information content (AvgIpc) is 3.38. The number of halogens is 2. The molecule has 2 aromatic heterocycles. The zero-order valence-corrected chi connectivity index (χ0v) is 46.7. The van der Waals surface area contributed by atoms with Crippen LogP contribution in [0.15, 0.2) is 84.9 Å². The minimum Gasteiger partial charge on any atom is -0.497 e. The van der Waals surface area contributed by atoms with Gasteiger partial charge in [0.25, 0.3) is 0 Å². The van der Waals surface area contributed by atoms with Gasteiger partial charge in [0.15, 0.2) is 0 Å². The van der Waals surface area contributed by atoms with Crippen LogP contribution in [-0.2, 0) is 41.0 Å². The summed E-state index contributed by atoms with van der Waals surface area (Å²) in [5, 5.41) is 36.4. The first-order valence-electron chi connectivity index (χ1n) is 24.4. The molecule has 23 heteroatoms. The van der Waals surface area contributed by atoms with Gasteiger partial charge in [0.2, 0.25) is 43.8 Å². The number of anilines is 2. The first kappa shape index (κ1) is 62.8. The van der Waals surface area contributed by atoms with Crippen LogP contribution >= 0.6 is 0 Å². The summed E-state index contributed by atoms with van der Waals surface area (Å²) in [5.41, 5.74) is 4.83. The molecule has 77 heavy (non-hydrogen) atoms.